The molecule has 0 radical (unpaired) electrons. The normalized spacial score (nSPS) is 11.2. The van der Waals surface area contributed by atoms with Gasteiger partial charge in [-0.2, -0.15) is 5.26 Å². The van der Waals surface area contributed by atoms with E-state index >= 15 is 0 Å². The molecule has 24 heavy (non-hydrogen) atoms. The molecule has 0 saturated carbocycles. The zero-order valence-corrected chi connectivity index (χ0v) is 13.6. The molecule has 6 heteroatoms. The topological polar surface area (TPSA) is 97.4 Å². The number of carbonyl (C=O) groups is 1. The average Bonchev–Trinajstić information content (AvgIpc) is 2.56. The first-order valence-corrected chi connectivity index (χ1v) is 7.49. The Kier molecular flexibility index (Phi) is 5.63. The summed E-state index contributed by atoms with van der Waals surface area (Å²) in [4.78, 5) is 11.4. The van der Waals surface area contributed by atoms with Crippen LogP contribution in [0, 0.1) is 11.3 Å². The van der Waals surface area contributed by atoms with Crippen LogP contribution < -0.4 is 15.8 Å². The Hall–Kier alpha value is -3.20. The van der Waals surface area contributed by atoms with Crippen molar-refractivity contribution < 1.29 is 14.3 Å². The van der Waals surface area contributed by atoms with Gasteiger partial charge < -0.3 is 20.5 Å². The minimum absolute atomic E-state index is 0.423. The van der Waals surface area contributed by atoms with Crippen molar-refractivity contribution in [3.63, 3.8) is 0 Å². The largest absolute Gasteiger partial charge is 0.492 e. The number of nitrogen functional groups attached to an aromatic ring is 1. The van der Waals surface area contributed by atoms with Gasteiger partial charge >= 0.3 is 5.97 Å². The van der Waals surface area contributed by atoms with E-state index in [1.165, 1.54) is 6.92 Å². The molecule has 0 aliphatic rings. The number of hydrogen-bond donors (Lipinski definition) is 2. The van der Waals surface area contributed by atoms with Gasteiger partial charge in [0, 0.05) is 18.2 Å². The number of esters is 1. The summed E-state index contributed by atoms with van der Waals surface area (Å²) in [5.41, 5.74) is 8.40. The van der Waals surface area contributed by atoms with E-state index in [-0.39, 0.29) is 0 Å². The molecule has 0 aromatic heterocycles. The summed E-state index contributed by atoms with van der Waals surface area (Å²) < 4.78 is 10.8. The summed E-state index contributed by atoms with van der Waals surface area (Å²) in [5, 5.41) is 11.9. The SMILES string of the molecule is CCOc1ccc(C(Nc2ccc(C#N)cc2)OC(C)=O)cc1N. The number of nitrogens with two attached hydrogens (primary N) is 1. The highest BCUT2D eigenvalue weighted by Crippen LogP contribution is 2.28. The summed E-state index contributed by atoms with van der Waals surface area (Å²) in [6.45, 7) is 3.73. The van der Waals surface area contributed by atoms with Crippen LogP contribution in [0.2, 0.25) is 0 Å². The maximum atomic E-state index is 11.4. The molecule has 124 valence electrons. The monoisotopic (exact) mass is 325 g/mol. The maximum absolute atomic E-state index is 11.4. The van der Waals surface area contributed by atoms with Crippen molar-refractivity contribution in [3.8, 4) is 11.8 Å². The molecule has 0 heterocycles. The molecule has 0 spiro atoms. The van der Waals surface area contributed by atoms with Crippen molar-refractivity contribution >= 4 is 17.3 Å². The first-order valence-electron chi connectivity index (χ1n) is 7.49. The van der Waals surface area contributed by atoms with Crippen molar-refractivity contribution in [1.82, 2.24) is 0 Å². The molecule has 0 fully saturated rings. The molecule has 0 bridgehead atoms. The van der Waals surface area contributed by atoms with Crippen LogP contribution in [0.1, 0.15) is 31.2 Å². The number of carbonyl (C=O) groups excluding carboxylic acids is 1. The summed E-state index contributed by atoms with van der Waals surface area (Å²) in [5.74, 6) is 0.162. The summed E-state index contributed by atoms with van der Waals surface area (Å²) in [6.07, 6.45) is -0.701. The number of rotatable bonds is 6. The quantitative estimate of drug-likeness (QED) is 0.481. The second-order valence-corrected chi connectivity index (χ2v) is 5.05. The van der Waals surface area contributed by atoms with Gasteiger partial charge in [-0.05, 0) is 49.4 Å². The van der Waals surface area contributed by atoms with Crippen LogP contribution in [-0.4, -0.2) is 12.6 Å². The van der Waals surface area contributed by atoms with E-state index in [2.05, 4.69) is 11.4 Å². The van der Waals surface area contributed by atoms with E-state index in [1.807, 2.05) is 6.92 Å². The zero-order valence-electron chi connectivity index (χ0n) is 13.6. The third-order valence-electron chi connectivity index (χ3n) is 3.23. The average molecular weight is 325 g/mol. The summed E-state index contributed by atoms with van der Waals surface area (Å²) in [6, 6.07) is 14.1. The van der Waals surface area contributed by atoms with Gasteiger partial charge in [-0.15, -0.1) is 0 Å². The fourth-order valence-corrected chi connectivity index (χ4v) is 2.16. The molecule has 3 N–H and O–H groups in total. The van der Waals surface area contributed by atoms with Crippen molar-refractivity contribution in [2.24, 2.45) is 0 Å². The minimum Gasteiger partial charge on any atom is -0.492 e. The number of anilines is 2. The molecule has 0 saturated heterocycles. The zero-order chi connectivity index (χ0) is 17.5. The Bertz CT molecular complexity index is 751. The number of benzene rings is 2. The molecule has 2 aromatic rings. The van der Waals surface area contributed by atoms with Crippen LogP contribution >= 0.6 is 0 Å². The Balaban J connectivity index is 2.25. The lowest BCUT2D eigenvalue weighted by Crippen LogP contribution is -2.17. The number of nitrogens with one attached hydrogen (secondary N) is 1. The highest BCUT2D eigenvalue weighted by Gasteiger charge is 2.16. The van der Waals surface area contributed by atoms with Crippen LogP contribution in [0.3, 0.4) is 0 Å². The van der Waals surface area contributed by atoms with Gasteiger partial charge in [0.2, 0.25) is 0 Å². The third-order valence-corrected chi connectivity index (χ3v) is 3.23. The fraction of sp³-hybridized carbons (Fsp3) is 0.222. The Morgan fingerprint density at radius 3 is 2.54 bits per heavy atom. The second kappa shape index (κ2) is 7.88. The van der Waals surface area contributed by atoms with Crippen molar-refractivity contribution in [1.29, 1.82) is 5.26 Å². The van der Waals surface area contributed by atoms with Crippen molar-refractivity contribution in [2.45, 2.75) is 20.1 Å². The van der Waals surface area contributed by atoms with Gasteiger partial charge in [-0.25, -0.2) is 0 Å². The van der Waals surface area contributed by atoms with Crippen molar-refractivity contribution in [3.05, 3.63) is 53.6 Å². The highest BCUT2D eigenvalue weighted by molar-refractivity contribution is 5.67. The lowest BCUT2D eigenvalue weighted by molar-refractivity contribution is -0.145. The number of nitriles is 1. The first-order chi connectivity index (χ1) is 11.5. The summed E-state index contributed by atoms with van der Waals surface area (Å²) >= 11 is 0. The molecular formula is C18H19N3O3. The van der Waals surface area contributed by atoms with Gasteiger partial charge in [-0.3, -0.25) is 4.79 Å². The lowest BCUT2D eigenvalue weighted by Gasteiger charge is -2.21. The standard InChI is InChI=1S/C18H19N3O3/c1-3-23-17-9-6-14(10-16(17)20)18(24-12(2)22)21-15-7-4-13(11-19)5-8-15/h4-10,18,21H,3,20H2,1-2H3. The Labute approximate surface area is 140 Å². The van der Waals surface area contributed by atoms with E-state index in [9.17, 15) is 4.79 Å². The van der Waals surface area contributed by atoms with E-state index in [1.54, 1.807) is 42.5 Å². The van der Waals surface area contributed by atoms with E-state index in [0.717, 1.165) is 0 Å². The van der Waals surface area contributed by atoms with Gasteiger partial charge in [0.1, 0.15) is 5.75 Å². The molecule has 0 aliphatic heterocycles. The maximum Gasteiger partial charge on any atom is 0.304 e. The predicted molar refractivity (Wildman–Crippen MR) is 91.3 cm³/mol. The molecule has 0 amide bonds. The summed E-state index contributed by atoms with van der Waals surface area (Å²) in [7, 11) is 0. The van der Waals surface area contributed by atoms with E-state index < -0.39 is 12.2 Å². The lowest BCUT2D eigenvalue weighted by atomic mass is 10.1. The number of hydrogen-bond acceptors (Lipinski definition) is 6. The fourth-order valence-electron chi connectivity index (χ4n) is 2.16. The van der Waals surface area contributed by atoms with Gasteiger partial charge in [0.25, 0.3) is 0 Å². The molecular weight excluding hydrogens is 306 g/mol. The molecule has 2 rings (SSSR count). The molecule has 1 unspecified atom stereocenters. The number of ether oxygens (including phenoxy) is 2. The van der Waals surface area contributed by atoms with E-state index in [4.69, 9.17) is 20.5 Å². The second-order valence-electron chi connectivity index (χ2n) is 5.05. The molecule has 6 nitrogen and oxygen atoms in total. The first kappa shape index (κ1) is 17.2. The van der Waals surface area contributed by atoms with Gasteiger partial charge in [0.05, 0.1) is 23.9 Å². The van der Waals surface area contributed by atoms with Crippen LogP contribution in [0.5, 0.6) is 5.75 Å². The predicted octanol–water partition coefficient (Wildman–Crippen LogP) is 3.21. The van der Waals surface area contributed by atoms with Gasteiger partial charge in [-0.1, -0.05) is 0 Å². The van der Waals surface area contributed by atoms with Gasteiger partial charge in [0.15, 0.2) is 6.23 Å². The highest BCUT2D eigenvalue weighted by atomic mass is 16.6. The molecule has 2 aromatic carbocycles. The number of nitrogens with zero attached hydrogens (tertiary/aromatic N) is 1. The van der Waals surface area contributed by atoms with Crippen LogP contribution in [0.4, 0.5) is 11.4 Å². The molecule has 1 atom stereocenters. The molecule has 0 aliphatic carbocycles. The van der Waals surface area contributed by atoms with Crippen molar-refractivity contribution in [2.75, 3.05) is 17.7 Å². The Morgan fingerprint density at radius 2 is 2.00 bits per heavy atom. The van der Waals surface area contributed by atoms with Crippen LogP contribution in [0.25, 0.3) is 0 Å². The smallest absolute Gasteiger partial charge is 0.304 e. The minimum atomic E-state index is -0.701. The third kappa shape index (κ3) is 4.40. The van der Waals surface area contributed by atoms with Crippen LogP contribution in [-0.2, 0) is 9.53 Å². The Morgan fingerprint density at radius 1 is 1.29 bits per heavy atom. The van der Waals surface area contributed by atoms with E-state index in [0.29, 0.717) is 34.9 Å². The van der Waals surface area contributed by atoms with Crippen LogP contribution in [0.15, 0.2) is 42.5 Å².